The molecule has 1 heterocycles. The fourth-order valence-electron chi connectivity index (χ4n) is 3.36. The first-order chi connectivity index (χ1) is 13.8. The van der Waals surface area contributed by atoms with Crippen molar-refractivity contribution in [2.24, 2.45) is 0 Å². The predicted molar refractivity (Wildman–Crippen MR) is 114 cm³/mol. The van der Waals surface area contributed by atoms with E-state index < -0.39 is 10.0 Å². The maximum atomic E-state index is 13.1. The van der Waals surface area contributed by atoms with Crippen molar-refractivity contribution in [2.75, 3.05) is 32.0 Å². The zero-order chi connectivity index (χ0) is 21.2. The number of nitrogens with zero attached hydrogens (tertiary/aromatic N) is 1. The van der Waals surface area contributed by atoms with Gasteiger partial charge in [0, 0.05) is 23.6 Å². The van der Waals surface area contributed by atoms with Crippen molar-refractivity contribution < 1.29 is 22.7 Å². The summed E-state index contributed by atoms with van der Waals surface area (Å²) in [5.41, 5.74) is 1.34. The van der Waals surface area contributed by atoms with Crippen LogP contribution in [0.1, 0.15) is 28.8 Å². The molecule has 156 valence electrons. The lowest BCUT2D eigenvalue weighted by molar-refractivity contribution is 0.0793. The number of likely N-dealkylation sites (tertiary alicyclic amines) is 1. The molecule has 1 aliphatic heterocycles. The molecule has 2 aromatic rings. The Labute approximate surface area is 179 Å². The van der Waals surface area contributed by atoms with Gasteiger partial charge in [0.05, 0.1) is 25.5 Å². The van der Waals surface area contributed by atoms with Crippen LogP contribution in [0, 0.1) is 6.92 Å². The van der Waals surface area contributed by atoms with E-state index in [0.29, 0.717) is 34.4 Å². The van der Waals surface area contributed by atoms with Gasteiger partial charge in [-0.25, -0.2) is 8.42 Å². The second-order valence-electron chi connectivity index (χ2n) is 6.74. The van der Waals surface area contributed by atoms with Crippen LogP contribution in [0.15, 0.2) is 39.7 Å². The monoisotopic (exact) mass is 482 g/mol. The van der Waals surface area contributed by atoms with Crippen LogP contribution in [0.5, 0.6) is 11.5 Å². The van der Waals surface area contributed by atoms with Crippen molar-refractivity contribution in [2.45, 2.75) is 24.7 Å². The number of carbonyl (C=O) groups is 1. The largest absolute Gasteiger partial charge is 0.493 e. The van der Waals surface area contributed by atoms with E-state index in [1.165, 1.54) is 26.4 Å². The number of hydrogen-bond acceptors (Lipinski definition) is 5. The second-order valence-corrected chi connectivity index (χ2v) is 9.25. The van der Waals surface area contributed by atoms with Gasteiger partial charge in [0.2, 0.25) is 0 Å². The van der Waals surface area contributed by atoms with E-state index in [0.717, 1.165) is 12.8 Å². The van der Waals surface area contributed by atoms with Gasteiger partial charge in [-0.3, -0.25) is 9.52 Å². The molecule has 3 rings (SSSR count). The Morgan fingerprint density at radius 3 is 2.34 bits per heavy atom. The van der Waals surface area contributed by atoms with E-state index in [1.54, 1.807) is 30.0 Å². The van der Waals surface area contributed by atoms with Crippen LogP contribution in [-0.4, -0.2) is 46.5 Å². The highest BCUT2D eigenvalue weighted by molar-refractivity contribution is 9.10. The zero-order valence-electron chi connectivity index (χ0n) is 16.5. The van der Waals surface area contributed by atoms with Crippen molar-refractivity contribution in [3.8, 4) is 11.5 Å². The Kier molecular flexibility index (Phi) is 6.38. The van der Waals surface area contributed by atoms with Crippen LogP contribution in [0.25, 0.3) is 0 Å². The third-order valence-corrected chi connectivity index (χ3v) is 7.18. The molecule has 0 bridgehead atoms. The molecule has 0 atom stereocenters. The number of carbonyl (C=O) groups excluding carboxylic acids is 1. The van der Waals surface area contributed by atoms with Gasteiger partial charge in [-0.2, -0.15) is 0 Å². The normalized spacial score (nSPS) is 14.0. The van der Waals surface area contributed by atoms with Crippen LogP contribution < -0.4 is 14.2 Å². The maximum absolute atomic E-state index is 13.1. The number of nitrogens with one attached hydrogen (secondary N) is 1. The smallest absolute Gasteiger partial charge is 0.263 e. The summed E-state index contributed by atoms with van der Waals surface area (Å²) in [4.78, 5) is 14.7. The van der Waals surface area contributed by atoms with E-state index >= 15 is 0 Å². The van der Waals surface area contributed by atoms with Crippen molar-refractivity contribution in [1.29, 1.82) is 0 Å². The molecule has 1 amide bonds. The van der Waals surface area contributed by atoms with Crippen molar-refractivity contribution in [3.05, 3.63) is 45.9 Å². The number of aryl methyl sites for hydroxylation is 1. The fraction of sp³-hybridized carbons (Fsp3) is 0.350. The SMILES string of the molecule is COc1cc(Br)c(S(=O)(=O)Nc2cccc(C)c2C(=O)N2CCCC2)cc1OC. The molecule has 1 N–H and O–H groups in total. The van der Waals surface area contributed by atoms with E-state index in [1.807, 2.05) is 0 Å². The van der Waals surface area contributed by atoms with Gasteiger partial charge in [-0.05, 0) is 53.4 Å². The molecule has 0 unspecified atom stereocenters. The quantitative estimate of drug-likeness (QED) is 0.676. The fourth-order valence-corrected chi connectivity index (χ4v) is 5.47. The second kappa shape index (κ2) is 8.62. The van der Waals surface area contributed by atoms with Gasteiger partial charge in [0.25, 0.3) is 15.9 Å². The first-order valence-electron chi connectivity index (χ1n) is 9.11. The topological polar surface area (TPSA) is 84.9 Å². The van der Waals surface area contributed by atoms with Gasteiger partial charge in [0.1, 0.15) is 4.90 Å². The first kappa shape index (κ1) is 21.4. The third kappa shape index (κ3) is 4.35. The van der Waals surface area contributed by atoms with Gasteiger partial charge < -0.3 is 14.4 Å². The van der Waals surface area contributed by atoms with Crippen molar-refractivity contribution in [1.82, 2.24) is 4.90 Å². The number of halogens is 1. The Morgan fingerprint density at radius 1 is 1.10 bits per heavy atom. The Morgan fingerprint density at radius 2 is 1.72 bits per heavy atom. The molecule has 1 saturated heterocycles. The van der Waals surface area contributed by atoms with Gasteiger partial charge >= 0.3 is 0 Å². The Bertz CT molecular complexity index is 1030. The molecule has 0 saturated carbocycles. The Balaban J connectivity index is 2.02. The van der Waals surface area contributed by atoms with E-state index in [9.17, 15) is 13.2 Å². The minimum Gasteiger partial charge on any atom is -0.493 e. The first-order valence-corrected chi connectivity index (χ1v) is 11.4. The predicted octanol–water partition coefficient (Wildman–Crippen LogP) is 3.81. The Hall–Kier alpha value is -2.26. The third-order valence-electron chi connectivity index (χ3n) is 4.85. The molecule has 7 nitrogen and oxygen atoms in total. The van der Waals surface area contributed by atoms with E-state index in [-0.39, 0.29) is 22.2 Å². The minimum atomic E-state index is -4.00. The van der Waals surface area contributed by atoms with E-state index in [2.05, 4.69) is 20.7 Å². The summed E-state index contributed by atoms with van der Waals surface area (Å²) in [5, 5.41) is 0. The highest BCUT2D eigenvalue weighted by Crippen LogP contribution is 2.36. The lowest BCUT2D eigenvalue weighted by Gasteiger charge is -2.20. The van der Waals surface area contributed by atoms with Crippen LogP contribution in [0.4, 0.5) is 5.69 Å². The molecule has 0 aliphatic carbocycles. The lowest BCUT2D eigenvalue weighted by Crippen LogP contribution is -2.29. The molecule has 2 aromatic carbocycles. The molecular weight excluding hydrogens is 460 g/mol. The molecule has 29 heavy (non-hydrogen) atoms. The molecule has 1 aliphatic rings. The van der Waals surface area contributed by atoms with Crippen LogP contribution >= 0.6 is 15.9 Å². The molecule has 1 fully saturated rings. The summed E-state index contributed by atoms with van der Waals surface area (Å²) < 4.78 is 39.6. The highest BCUT2D eigenvalue weighted by Gasteiger charge is 2.27. The maximum Gasteiger partial charge on any atom is 0.263 e. The van der Waals surface area contributed by atoms with Crippen LogP contribution in [-0.2, 0) is 10.0 Å². The minimum absolute atomic E-state index is 0.0174. The molecule has 9 heteroatoms. The summed E-state index contributed by atoms with van der Waals surface area (Å²) >= 11 is 3.29. The molecular formula is C20H23BrN2O5S. The average molecular weight is 483 g/mol. The summed E-state index contributed by atoms with van der Waals surface area (Å²) in [6, 6.07) is 8.02. The zero-order valence-corrected chi connectivity index (χ0v) is 18.9. The molecule has 0 aromatic heterocycles. The summed E-state index contributed by atoms with van der Waals surface area (Å²) in [5.74, 6) is 0.525. The van der Waals surface area contributed by atoms with Crippen molar-refractivity contribution in [3.63, 3.8) is 0 Å². The number of ether oxygens (including phenoxy) is 2. The number of hydrogen-bond donors (Lipinski definition) is 1. The summed E-state index contributed by atoms with van der Waals surface area (Å²) in [6.07, 6.45) is 1.91. The number of benzene rings is 2. The number of rotatable bonds is 6. The number of amides is 1. The van der Waals surface area contributed by atoms with E-state index in [4.69, 9.17) is 9.47 Å². The molecule has 0 spiro atoms. The number of sulfonamides is 1. The average Bonchev–Trinajstić information content (AvgIpc) is 3.21. The standard InChI is InChI=1S/C20H23BrN2O5S/c1-13-7-6-8-15(19(13)20(24)23-9-4-5-10-23)22-29(25,26)18-12-17(28-3)16(27-2)11-14(18)21/h6-8,11-12,22H,4-5,9-10H2,1-3H3. The number of methoxy groups -OCH3 is 2. The highest BCUT2D eigenvalue weighted by atomic mass is 79.9. The van der Waals surface area contributed by atoms with Crippen LogP contribution in [0.2, 0.25) is 0 Å². The summed E-state index contributed by atoms with van der Waals surface area (Å²) in [7, 11) is -1.10. The van der Waals surface area contributed by atoms with Gasteiger partial charge in [-0.1, -0.05) is 12.1 Å². The van der Waals surface area contributed by atoms with Gasteiger partial charge in [-0.15, -0.1) is 0 Å². The molecule has 0 radical (unpaired) electrons. The number of anilines is 1. The van der Waals surface area contributed by atoms with Gasteiger partial charge in [0.15, 0.2) is 11.5 Å². The van der Waals surface area contributed by atoms with Crippen LogP contribution in [0.3, 0.4) is 0 Å². The summed E-state index contributed by atoms with van der Waals surface area (Å²) in [6.45, 7) is 3.16. The lowest BCUT2D eigenvalue weighted by atomic mass is 10.1. The van der Waals surface area contributed by atoms with Crippen molar-refractivity contribution >= 4 is 37.5 Å².